The Morgan fingerprint density at radius 1 is 0.714 bits per heavy atom. The summed E-state index contributed by atoms with van der Waals surface area (Å²) in [5, 5.41) is 13.8. The van der Waals surface area contributed by atoms with Crippen LogP contribution in [0.1, 0.15) is 107 Å². The van der Waals surface area contributed by atoms with Gasteiger partial charge in [0.2, 0.25) is 0 Å². The zero-order chi connectivity index (χ0) is 42.8. The average Bonchev–Trinajstić information content (AvgIpc) is 3.92. The number of hydrogen-bond donors (Lipinski definition) is 3. The van der Waals surface area contributed by atoms with Crippen LogP contribution in [0.2, 0.25) is 0 Å². The third-order valence-corrected chi connectivity index (χ3v) is 19.4. The van der Waals surface area contributed by atoms with E-state index in [1.54, 1.807) is 16.1 Å². The second-order valence-electron chi connectivity index (χ2n) is 20.3. The average molecular weight is 866 g/mol. The molecule has 5 aliphatic carbocycles. The van der Waals surface area contributed by atoms with Gasteiger partial charge < -0.3 is 4.42 Å². The summed E-state index contributed by atoms with van der Waals surface area (Å²) < 4.78 is 6.90. The molecule has 6 heteroatoms. The van der Waals surface area contributed by atoms with Crippen molar-refractivity contribution in [3.8, 4) is 0 Å². The third-order valence-electron chi connectivity index (χ3n) is 15.9. The molecule has 4 aromatic rings. The minimum absolute atomic E-state index is 0.00620. The number of rotatable bonds is 5. The Morgan fingerprint density at radius 2 is 1.52 bits per heavy atom. The largest absolute Gasteiger partial charge is 0.456 e. The van der Waals surface area contributed by atoms with Crippen molar-refractivity contribution in [3.05, 3.63) is 182 Å². The molecule has 3 aromatic carbocycles. The highest BCUT2D eigenvalue weighted by Gasteiger charge is 2.51. The van der Waals surface area contributed by atoms with Gasteiger partial charge in [-0.2, -0.15) is 0 Å². The maximum atomic E-state index is 6.90. The van der Waals surface area contributed by atoms with Crippen molar-refractivity contribution >= 4 is 46.1 Å². The molecular weight excluding hydrogens is 807 g/mol. The summed E-state index contributed by atoms with van der Waals surface area (Å²) in [6, 6.07) is 24.7. The molecule has 1 aromatic heterocycles. The van der Waals surface area contributed by atoms with E-state index in [9.17, 15) is 0 Å². The Morgan fingerprint density at radius 3 is 2.37 bits per heavy atom. The van der Waals surface area contributed by atoms with E-state index in [1.165, 1.54) is 61.2 Å². The van der Waals surface area contributed by atoms with E-state index in [4.69, 9.17) is 4.42 Å². The van der Waals surface area contributed by atoms with Gasteiger partial charge in [0, 0.05) is 42.1 Å². The van der Waals surface area contributed by atoms with Crippen molar-refractivity contribution in [3.63, 3.8) is 0 Å². The second kappa shape index (κ2) is 15.1. The zero-order valence-corrected chi connectivity index (χ0v) is 39.0. The van der Waals surface area contributed by atoms with Crippen molar-refractivity contribution in [1.82, 2.24) is 16.0 Å². The highest BCUT2D eigenvalue weighted by atomic mass is 32.2. The number of furan rings is 1. The van der Waals surface area contributed by atoms with Gasteiger partial charge >= 0.3 is 0 Å². The van der Waals surface area contributed by atoms with E-state index in [1.807, 2.05) is 0 Å². The molecule has 0 amide bonds. The summed E-state index contributed by atoms with van der Waals surface area (Å²) in [7, 11) is 0. The Bertz CT molecular complexity index is 2820. The van der Waals surface area contributed by atoms with Gasteiger partial charge in [0.25, 0.3) is 0 Å². The molecule has 1 fully saturated rings. The fraction of sp³-hybridized carbons (Fsp3) is 0.368. The molecule has 4 heterocycles. The molecule has 0 bridgehead atoms. The molecule has 320 valence electrons. The van der Waals surface area contributed by atoms with E-state index in [0.717, 1.165) is 30.6 Å². The third kappa shape index (κ3) is 6.44. The summed E-state index contributed by atoms with van der Waals surface area (Å²) >= 11 is 4.28. The molecule has 11 unspecified atom stereocenters. The lowest BCUT2D eigenvalue weighted by Gasteiger charge is -2.40. The first-order valence-electron chi connectivity index (χ1n) is 23.5. The Balaban J connectivity index is 0.857. The number of benzene rings is 3. The number of allylic oxidation sites excluding steroid dienone is 11. The van der Waals surface area contributed by atoms with E-state index >= 15 is 0 Å². The summed E-state index contributed by atoms with van der Waals surface area (Å²) in [6.07, 6.45) is 28.6. The van der Waals surface area contributed by atoms with Gasteiger partial charge in [0.05, 0.1) is 18.5 Å². The molecule has 4 nitrogen and oxygen atoms in total. The molecule has 63 heavy (non-hydrogen) atoms. The molecule has 3 N–H and O–H groups in total. The summed E-state index contributed by atoms with van der Waals surface area (Å²) in [4.78, 5) is 3.00. The molecule has 0 saturated carbocycles. The van der Waals surface area contributed by atoms with Crippen LogP contribution in [-0.2, 0) is 11.8 Å². The van der Waals surface area contributed by atoms with Gasteiger partial charge in [-0.05, 0) is 118 Å². The summed E-state index contributed by atoms with van der Waals surface area (Å²) in [5.41, 5.74) is 15.1. The smallest absolute Gasteiger partial charge is 0.135 e. The minimum atomic E-state index is -0.0773. The lowest BCUT2D eigenvalue weighted by Crippen LogP contribution is -2.59. The number of hydrogen-bond acceptors (Lipinski definition) is 6. The first kappa shape index (κ1) is 40.2. The normalized spacial score (nSPS) is 35.3. The van der Waals surface area contributed by atoms with Crippen LogP contribution in [0.5, 0.6) is 0 Å². The van der Waals surface area contributed by atoms with Gasteiger partial charge in [-0.15, -0.1) is 23.5 Å². The number of nitrogens with one attached hydrogen (secondary N) is 3. The lowest BCUT2D eigenvalue weighted by molar-refractivity contribution is 0.223. The van der Waals surface area contributed by atoms with Crippen LogP contribution in [0.15, 0.2) is 158 Å². The molecule has 0 radical (unpaired) electrons. The topological polar surface area (TPSA) is 49.2 Å². The fourth-order valence-electron chi connectivity index (χ4n) is 12.4. The number of thioether (sulfide) groups is 2. The molecule has 11 atom stereocenters. The van der Waals surface area contributed by atoms with E-state index in [-0.39, 0.29) is 29.3 Å². The predicted octanol–water partition coefficient (Wildman–Crippen LogP) is 13.7. The quantitative estimate of drug-likeness (QED) is 0.174. The van der Waals surface area contributed by atoms with Gasteiger partial charge in [-0.25, -0.2) is 0 Å². The maximum Gasteiger partial charge on any atom is 0.135 e. The van der Waals surface area contributed by atoms with Crippen LogP contribution in [0.4, 0.5) is 0 Å². The second-order valence-corrected chi connectivity index (χ2v) is 22.6. The Labute approximate surface area is 382 Å². The van der Waals surface area contributed by atoms with Gasteiger partial charge in [0.15, 0.2) is 0 Å². The first-order chi connectivity index (χ1) is 30.6. The van der Waals surface area contributed by atoms with Crippen molar-refractivity contribution in [2.45, 2.75) is 107 Å². The molecule has 12 rings (SSSR count). The maximum absolute atomic E-state index is 6.90. The van der Waals surface area contributed by atoms with Crippen molar-refractivity contribution in [2.24, 2.45) is 29.1 Å². The fourth-order valence-corrected chi connectivity index (χ4v) is 15.9. The van der Waals surface area contributed by atoms with Crippen LogP contribution < -0.4 is 16.0 Å². The predicted molar refractivity (Wildman–Crippen MR) is 265 cm³/mol. The number of fused-ring (bicyclic) bond motifs is 8. The molecule has 3 aliphatic heterocycles. The van der Waals surface area contributed by atoms with Gasteiger partial charge in [-0.3, -0.25) is 16.0 Å². The molecule has 8 aliphatic rings. The monoisotopic (exact) mass is 865 g/mol. The molecular formula is C57H59N3OS2. The highest BCUT2D eigenvalue weighted by molar-refractivity contribution is 8.04. The van der Waals surface area contributed by atoms with E-state index in [2.05, 4.69) is 209 Å². The van der Waals surface area contributed by atoms with Gasteiger partial charge in [-0.1, -0.05) is 151 Å². The van der Waals surface area contributed by atoms with Crippen LogP contribution in [0.3, 0.4) is 0 Å². The lowest BCUT2D eigenvalue weighted by atomic mass is 9.65. The highest BCUT2D eigenvalue weighted by Crippen LogP contribution is 2.63. The standard InChI is InChI=1S/C57H59N3OS2/c1-32-14-10-18-37(26-32)54-58-53(36-16-8-7-9-17-36)59-55(60-54)38-22-23-39-44-27-34(3)42(30-48(44)61-47(39)29-38)40-19-11-21-45-50(40)63-52-41(20-13-25-56(45,52)5)43-31-49-46(28-35(43)4)57(6)24-12-15-33(2)51(57)62-49/h7-13,16-26,29-35,51-55,58-60H,14-15,27-28H2,1-6H3. The first-order valence-corrected chi connectivity index (χ1v) is 25.3. The van der Waals surface area contributed by atoms with E-state index < -0.39 is 0 Å². The van der Waals surface area contributed by atoms with Crippen LogP contribution >= 0.6 is 23.5 Å². The van der Waals surface area contributed by atoms with Crippen LogP contribution in [0, 0.1) is 29.1 Å². The Hall–Kier alpha value is -4.30. The van der Waals surface area contributed by atoms with Crippen molar-refractivity contribution < 1.29 is 4.42 Å². The minimum Gasteiger partial charge on any atom is -0.456 e. The zero-order valence-electron chi connectivity index (χ0n) is 37.4. The Kier molecular flexibility index (Phi) is 9.67. The summed E-state index contributed by atoms with van der Waals surface area (Å²) in [6.45, 7) is 14.6. The molecule has 1 saturated heterocycles. The van der Waals surface area contributed by atoms with Crippen LogP contribution in [-0.4, -0.2) is 16.7 Å². The summed E-state index contributed by atoms with van der Waals surface area (Å²) in [5.74, 6) is 3.08. The molecule has 0 spiro atoms. The van der Waals surface area contributed by atoms with Crippen LogP contribution in [0.25, 0.3) is 22.6 Å². The van der Waals surface area contributed by atoms with Gasteiger partial charge in [0.1, 0.15) is 11.3 Å². The van der Waals surface area contributed by atoms with Crippen molar-refractivity contribution in [2.75, 3.05) is 0 Å². The SMILES string of the molecule is CC1C=C(C2NC(c3ccccc3)NC(c3ccc4c5c(oc4c3)C=C(c3cccc4c3SC3C(C6=CC7=C(CC6C)C6(C)C=CCC(C)C6S7)=CC=CC43C)C(C)C5)N2)C=CC1. The van der Waals surface area contributed by atoms with E-state index in [0.29, 0.717) is 34.2 Å². The van der Waals surface area contributed by atoms with Crippen molar-refractivity contribution in [1.29, 1.82) is 0 Å².